The molecule has 2 aromatic heterocycles. The summed E-state index contributed by atoms with van der Waals surface area (Å²) in [5.41, 5.74) is 1.73. The summed E-state index contributed by atoms with van der Waals surface area (Å²) < 4.78 is 5.18. The van der Waals surface area contributed by atoms with E-state index in [4.69, 9.17) is 4.42 Å². The first-order valence-electron chi connectivity index (χ1n) is 5.86. The Morgan fingerprint density at radius 3 is 2.88 bits per heavy atom. The summed E-state index contributed by atoms with van der Waals surface area (Å²) in [5.74, 6) is 1.00. The highest BCUT2D eigenvalue weighted by atomic mass is 16.3. The van der Waals surface area contributed by atoms with Crippen LogP contribution in [0.1, 0.15) is 24.5 Å². The molecule has 0 spiro atoms. The lowest BCUT2D eigenvalue weighted by molar-refractivity contribution is 0.453. The Hall–Kier alpha value is -1.75. The third-order valence-corrected chi connectivity index (χ3v) is 3.04. The van der Waals surface area contributed by atoms with Crippen LogP contribution in [-0.2, 0) is 0 Å². The first-order valence-corrected chi connectivity index (χ1v) is 5.86. The van der Waals surface area contributed by atoms with Crippen LogP contribution in [0.25, 0.3) is 11.6 Å². The van der Waals surface area contributed by atoms with E-state index in [1.807, 2.05) is 6.20 Å². The van der Waals surface area contributed by atoms with Crippen molar-refractivity contribution in [1.29, 1.82) is 0 Å². The van der Waals surface area contributed by atoms with E-state index in [9.17, 15) is 0 Å². The molecule has 1 fully saturated rings. The second-order valence-corrected chi connectivity index (χ2v) is 4.21. The number of hydrogen-bond acceptors (Lipinski definition) is 5. The Labute approximate surface area is 99.3 Å². The average Bonchev–Trinajstić information content (AvgIpc) is 2.94. The summed E-state index contributed by atoms with van der Waals surface area (Å²) in [4.78, 5) is 12.9. The monoisotopic (exact) mass is 230 g/mol. The molecule has 3 rings (SSSR count). The molecule has 1 unspecified atom stereocenters. The van der Waals surface area contributed by atoms with Crippen molar-refractivity contribution >= 4 is 0 Å². The number of piperidine rings is 1. The van der Waals surface area contributed by atoms with E-state index in [-0.39, 0.29) is 0 Å². The third-order valence-electron chi connectivity index (χ3n) is 3.04. The molecule has 17 heavy (non-hydrogen) atoms. The molecule has 2 aromatic rings. The number of rotatable bonds is 2. The van der Waals surface area contributed by atoms with Gasteiger partial charge >= 0.3 is 0 Å². The summed E-state index contributed by atoms with van der Waals surface area (Å²) in [6.07, 6.45) is 9.09. The number of nitrogens with one attached hydrogen (secondary N) is 1. The van der Waals surface area contributed by atoms with Crippen LogP contribution in [0, 0.1) is 0 Å². The zero-order valence-electron chi connectivity index (χ0n) is 9.47. The highest BCUT2D eigenvalue weighted by Gasteiger charge is 2.17. The van der Waals surface area contributed by atoms with E-state index in [0.717, 1.165) is 18.8 Å². The molecular weight excluding hydrogens is 216 g/mol. The standard InChI is InChI=1S/C12H14N4O/c1-2-9(6-13-3-1)10-7-16-11(8-15-10)12-14-4-5-17-12/h4-5,7-9,13H,1-3,6H2. The minimum Gasteiger partial charge on any atom is -0.443 e. The van der Waals surface area contributed by atoms with Crippen LogP contribution in [0.5, 0.6) is 0 Å². The molecule has 0 aliphatic carbocycles. The van der Waals surface area contributed by atoms with Crippen LogP contribution in [0.4, 0.5) is 0 Å². The number of nitrogens with zero attached hydrogens (tertiary/aromatic N) is 3. The molecule has 0 amide bonds. The largest absolute Gasteiger partial charge is 0.443 e. The van der Waals surface area contributed by atoms with E-state index in [1.54, 1.807) is 12.4 Å². The van der Waals surface area contributed by atoms with Crippen molar-refractivity contribution < 1.29 is 4.42 Å². The summed E-state index contributed by atoms with van der Waals surface area (Å²) >= 11 is 0. The second kappa shape index (κ2) is 4.63. The lowest BCUT2D eigenvalue weighted by atomic mass is 9.96. The van der Waals surface area contributed by atoms with Gasteiger partial charge in [0.25, 0.3) is 0 Å². The minimum atomic E-state index is 0.481. The van der Waals surface area contributed by atoms with Gasteiger partial charge in [0.1, 0.15) is 12.0 Å². The van der Waals surface area contributed by atoms with E-state index in [1.165, 1.54) is 19.1 Å². The molecule has 0 bridgehead atoms. The lowest BCUT2D eigenvalue weighted by Crippen LogP contribution is -2.28. The van der Waals surface area contributed by atoms with Gasteiger partial charge in [-0.15, -0.1) is 0 Å². The SMILES string of the molecule is c1coc(-c2cnc(C3CCCNC3)cn2)n1. The highest BCUT2D eigenvalue weighted by Crippen LogP contribution is 2.22. The molecule has 5 nitrogen and oxygen atoms in total. The van der Waals surface area contributed by atoms with Gasteiger partial charge in [-0.3, -0.25) is 4.98 Å². The fourth-order valence-electron chi connectivity index (χ4n) is 2.11. The molecule has 88 valence electrons. The van der Waals surface area contributed by atoms with Crippen LogP contribution in [0.2, 0.25) is 0 Å². The van der Waals surface area contributed by atoms with Crippen molar-refractivity contribution in [2.24, 2.45) is 0 Å². The van der Waals surface area contributed by atoms with Crippen molar-refractivity contribution in [2.45, 2.75) is 18.8 Å². The third kappa shape index (κ3) is 2.19. The maximum Gasteiger partial charge on any atom is 0.246 e. The maximum absolute atomic E-state index is 5.18. The second-order valence-electron chi connectivity index (χ2n) is 4.21. The van der Waals surface area contributed by atoms with Gasteiger partial charge < -0.3 is 9.73 Å². The fraction of sp³-hybridized carbons (Fsp3) is 0.417. The van der Waals surface area contributed by atoms with Gasteiger partial charge in [-0.25, -0.2) is 9.97 Å². The molecule has 1 saturated heterocycles. The molecule has 1 atom stereocenters. The van der Waals surface area contributed by atoms with Crippen LogP contribution < -0.4 is 5.32 Å². The first-order chi connectivity index (χ1) is 8.43. The lowest BCUT2D eigenvalue weighted by Gasteiger charge is -2.21. The summed E-state index contributed by atoms with van der Waals surface area (Å²) in [7, 11) is 0. The van der Waals surface area contributed by atoms with Crippen molar-refractivity contribution in [3.05, 3.63) is 30.5 Å². The van der Waals surface area contributed by atoms with Crippen LogP contribution in [0.3, 0.4) is 0 Å². The van der Waals surface area contributed by atoms with Gasteiger partial charge in [-0.2, -0.15) is 0 Å². The molecule has 0 radical (unpaired) electrons. The predicted molar refractivity (Wildman–Crippen MR) is 62.4 cm³/mol. The molecule has 5 heteroatoms. The van der Waals surface area contributed by atoms with Gasteiger partial charge in [0.2, 0.25) is 5.89 Å². The summed E-state index contributed by atoms with van der Waals surface area (Å²) in [5, 5.41) is 3.38. The molecule has 1 N–H and O–H groups in total. The maximum atomic E-state index is 5.18. The van der Waals surface area contributed by atoms with Gasteiger partial charge in [0, 0.05) is 18.7 Å². The van der Waals surface area contributed by atoms with Gasteiger partial charge in [0.05, 0.1) is 18.1 Å². The Bertz CT molecular complexity index is 460. The zero-order chi connectivity index (χ0) is 11.5. The Balaban J connectivity index is 1.80. The molecule has 1 aliphatic heterocycles. The molecule has 3 heterocycles. The molecule has 1 aliphatic rings. The van der Waals surface area contributed by atoms with Crippen LogP contribution in [-0.4, -0.2) is 28.0 Å². The molecule has 0 saturated carbocycles. The number of oxazole rings is 1. The van der Waals surface area contributed by atoms with Crippen LogP contribution in [0.15, 0.2) is 29.3 Å². The van der Waals surface area contributed by atoms with Gasteiger partial charge in [-0.05, 0) is 19.4 Å². The smallest absolute Gasteiger partial charge is 0.246 e. The van der Waals surface area contributed by atoms with Crippen molar-refractivity contribution in [2.75, 3.05) is 13.1 Å². The summed E-state index contributed by atoms with van der Waals surface area (Å²) in [6, 6.07) is 0. The van der Waals surface area contributed by atoms with E-state index < -0.39 is 0 Å². The fourth-order valence-corrected chi connectivity index (χ4v) is 2.11. The van der Waals surface area contributed by atoms with E-state index >= 15 is 0 Å². The highest BCUT2D eigenvalue weighted by molar-refractivity contribution is 5.44. The summed E-state index contributed by atoms with van der Waals surface area (Å²) in [6.45, 7) is 2.10. The van der Waals surface area contributed by atoms with Crippen molar-refractivity contribution in [3.63, 3.8) is 0 Å². The zero-order valence-corrected chi connectivity index (χ0v) is 9.47. The Kier molecular flexibility index (Phi) is 2.83. The number of aromatic nitrogens is 3. The quantitative estimate of drug-likeness (QED) is 0.849. The van der Waals surface area contributed by atoms with Gasteiger partial charge in [-0.1, -0.05) is 0 Å². The van der Waals surface area contributed by atoms with Gasteiger partial charge in [0.15, 0.2) is 0 Å². The minimum absolute atomic E-state index is 0.481. The average molecular weight is 230 g/mol. The van der Waals surface area contributed by atoms with Crippen molar-refractivity contribution in [1.82, 2.24) is 20.3 Å². The van der Waals surface area contributed by atoms with Crippen LogP contribution >= 0.6 is 0 Å². The Morgan fingerprint density at radius 1 is 1.24 bits per heavy atom. The van der Waals surface area contributed by atoms with E-state index in [0.29, 0.717) is 17.5 Å². The Morgan fingerprint density at radius 2 is 2.24 bits per heavy atom. The topological polar surface area (TPSA) is 63.8 Å². The molecule has 0 aromatic carbocycles. The molecular formula is C12H14N4O. The first kappa shape index (κ1) is 10.4. The number of hydrogen-bond donors (Lipinski definition) is 1. The van der Waals surface area contributed by atoms with E-state index in [2.05, 4.69) is 20.3 Å². The predicted octanol–water partition coefficient (Wildman–Crippen LogP) is 1.60. The normalized spacial score (nSPS) is 20.4. The van der Waals surface area contributed by atoms with Crippen molar-refractivity contribution in [3.8, 4) is 11.6 Å².